The van der Waals surface area contributed by atoms with Crippen LogP contribution in [0.15, 0.2) is 52.7 Å². The molecule has 1 amide bonds. The Bertz CT molecular complexity index is 1200. The fourth-order valence-electron chi connectivity index (χ4n) is 2.88. The summed E-state index contributed by atoms with van der Waals surface area (Å²) in [5, 5.41) is 11.7. The molecule has 0 spiro atoms. The molecule has 0 saturated carbocycles. The van der Waals surface area contributed by atoms with Gasteiger partial charge in [-0.05, 0) is 55.2 Å². The van der Waals surface area contributed by atoms with E-state index in [0.29, 0.717) is 11.4 Å². The van der Waals surface area contributed by atoms with Crippen molar-refractivity contribution in [3.63, 3.8) is 0 Å². The van der Waals surface area contributed by atoms with Crippen LogP contribution in [0, 0.1) is 6.92 Å². The first-order valence-corrected chi connectivity index (χ1v) is 11.6. The second-order valence-electron chi connectivity index (χ2n) is 6.88. The summed E-state index contributed by atoms with van der Waals surface area (Å²) in [7, 11) is -3.83. The number of hydrogen-bond donors (Lipinski definition) is 3. The van der Waals surface area contributed by atoms with Gasteiger partial charge in [0.1, 0.15) is 0 Å². The molecule has 0 fully saturated rings. The SMILES string of the molecule is CC(=O)Nc1nc(C)c(S(=O)(=O)Nc2ccc(CCc3ccc(C(=O)O)cc3)cc2)s1. The van der Waals surface area contributed by atoms with Gasteiger partial charge in [0.15, 0.2) is 9.34 Å². The highest BCUT2D eigenvalue weighted by atomic mass is 32.2. The molecular formula is C21H21N3O5S2. The van der Waals surface area contributed by atoms with Crippen LogP contribution in [-0.2, 0) is 27.7 Å². The lowest BCUT2D eigenvalue weighted by molar-refractivity contribution is -0.114. The molecule has 0 unspecified atom stereocenters. The number of carbonyl (C=O) groups excluding carboxylic acids is 1. The predicted octanol–water partition coefficient (Wildman–Crippen LogP) is 3.69. The van der Waals surface area contributed by atoms with E-state index < -0.39 is 16.0 Å². The molecule has 0 aliphatic heterocycles. The van der Waals surface area contributed by atoms with Crippen LogP contribution in [-0.4, -0.2) is 30.4 Å². The van der Waals surface area contributed by atoms with Crippen LogP contribution in [0.25, 0.3) is 0 Å². The van der Waals surface area contributed by atoms with Crippen molar-refractivity contribution in [2.45, 2.75) is 30.9 Å². The number of nitrogens with zero attached hydrogens (tertiary/aromatic N) is 1. The number of thiazole rings is 1. The maximum Gasteiger partial charge on any atom is 0.335 e. The number of carboxylic acid groups (broad SMARTS) is 1. The van der Waals surface area contributed by atoms with E-state index in [1.54, 1.807) is 43.3 Å². The fourth-order valence-corrected chi connectivity index (χ4v) is 5.40. The number of aromatic nitrogens is 1. The number of rotatable bonds is 8. The summed E-state index contributed by atoms with van der Waals surface area (Å²) in [6, 6.07) is 13.8. The summed E-state index contributed by atoms with van der Waals surface area (Å²) in [5.74, 6) is -1.27. The lowest BCUT2D eigenvalue weighted by Gasteiger charge is -2.08. The van der Waals surface area contributed by atoms with Crippen molar-refractivity contribution in [3.05, 3.63) is 70.9 Å². The Morgan fingerprint density at radius 1 is 1.00 bits per heavy atom. The van der Waals surface area contributed by atoms with Gasteiger partial charge in [0.2, 0.25) is 5.91 Å². The van der Waals surface area contributed by atoms with Gasteiger partial charge in [0, 0.05) is 12.6 Å². The van der Waals surface area contributed by atoms with Gasteiger partial charge in [0.05, 0.1) is 11.3 Å². The quantitative estimate of drug-likeness (QED) is 0.472. The zero-order valence-corrected chi connectivity index (χ0v) is 18.5. The average molecular weight is 460 g/mol. The number of benzene rings is 2. The van der Waals surface area contributed by atoms with Gasteiger partial charge in [-0.25, -0.2) is 18.2 Å². The zero-order valence-electron chi connectivity index (χ0n) is 16.9. The molecule has 3 aromatic rings. The van der Waals surface area contributed by atoms with E-state index in [0.717, 1.165) is 35.3 Å². The number of nitrogens with one attached hydrogen (secondary N) is 2. The van der Waals surface area contributed by atoms with E-state index in [4.69, 9.17) is 5.11 Å². The molecule has 8 nitrogen and oxygen atoms in total. The maximum absolute atomic E-state index is 12.7. The first kappa shape index (κ1) is 22.4. The van der Waals surface area contributed by atoms with Gasteiger partial charge < -0.3 is 10.4 Å². The van der Waals surface area contributed by atoms with E-state index >= 15 is 0 Å². The molecule has 0 radical (unpaired) electrons. The molecule has 162 valence electrons. The minimum Gasteiger partial charge on any atom is -0.478 e. The zero-order chi connectivity index (χ0) is 22.6. The second kappa shape index (κ2) is 9.27. The molecule has 3 rings (SSSR count). The summed E-state index contributed by atoms with van der Waals surface area (Å²) in [4.78, 5) is 26.1. The van der Waals surface area contributed by atoms with E-state index in [9.17, 15) is 18.0 Å². The Kier molecular flexibility index (Phi) is 6.71. The van der Waals surface area contributed by atoms with Crippen LogP contribution in [0.5, 0.6) is 0 Å². The smallest absolute Gasteiger partial charge is 0.335 e. The molecule has 0 saturated heterocycles. The number of hydrogen-bond acceptors (Lipinski definition) is 6. The van der Waals surface area contributed by atoms with Crippen molar-refractivity contribution in [1.82, 2.24) is 4.98 Å². The van der Waals surface area contributed by atoms with Gasteiger partial charge >= 0.3 is 5.97 Å². The van der Waals surface area contributed by atoms with Crippen molar-refractivity contribution in [3.8, 4) is 0 Å². The van der Waals surface area contributed by atoms with Gasteiger partial charge in [-0.2, -0.15) is 0 Å². The van der Waals surface area contributed by atoms with Crippen molar-refractivity contribution in [2.24, 2.45) is 0 Å². The van der Waals surface area contributed by atoms with E-state index in [1.165, 1.54) is 6.92 Å². The number of carboxylic acids is 1. The number of aryl methyl sites for hydroxylation is 3. The normalized spacial score (nSPS) is 11.2. The minimum absolute atomic E-state index is 0.0464. The monoisotopic (exact) mass is 459 g/mol. The van der Waals surface area contributed by atoms with Gasteiger partial charge in [0.25, 0.3) is 10.0 Å². The molecule has 1 heterocycles. The van der Waals surface area contributed by atoms with Crippen molar-refractivity contribution >= 4 is 44.1 Å². The van der Waals surface area contributed by atoms with Crippen molar-refractivity contribution in [1.29, 1.82) is 0 Å². The number of carbonyl (C=O) groups is 2. The molecule has 0 bridgehead atoms. The standard InChI is InChI=1S/C21H21N3O5S2/c1-13-20(30-21(22-13)23-14(2)25)31(28,29)24-18-11-7-16(8-12-18)4-3-15-5-9-17(10-6-15)19(26)27/h5-12,24H,3-4H2,1-2H3,(H,26,27)(H,22,23,25). The summed E-state index contributed by atoms with van der Waals surface area (Å²) in [6.07, 6.45) is 1.46. The second-order valence-corrected chi connectivity index (χ2v) is 9.75. The first-order valence-electron chi connectivity index (χ1n) is 9.33. The molecule has 31 heavy (non-hydrogen) atoms. The number of aromatic carboxylic acids is 1. The van der Waals surface area contributed by atoms with E-state index in [-0.39, 0.29) is 20.8 Å². The largest absolute Gasteiger partial charge is 0.478 e. The Labute approximate surface area is 184 Å². The summed E-state index contributed by atoms with van der Waals surface area (Å²) >= 11 is 0.895. The van der Waals surface area contributed by atoms with Crippen LogP contribution < -0.4 is 10.0 Å². The van der Waals surface area contributed by atoms with E-state index in [2.05, 4.69) is 15.0 Å². The molecule has 0 aliphatic carbocycles. The Hall–Kier alpha value is -3.24. The predicted molar refractivity (Wildman–Crippen MR) is 119 cm³/mol. The van der Waals surface area contributed by atoms with Crippen LogP contribution in [0.3, 0.4) is 0 Å². The van der Waals surface area contributed by atoms with Crippen LogP contribution in [0.4, 0.5) is 10.8 Å². The highest BCUT2D eigenvalue weighted by Crippen LogP contribution is 2.29. The van der Waals surface area contributed by atoms with Crippen molar-refractivity contribution in [2.75, 3.05) is 10.0 Å². The average Bonchev–Trinajstić information content (AvgIpc) is 3.08. The molecule has 2 aromatic carbocycles. The number of anilines is 2. The number of amides is 1. The topological polar surface area (TPSA) is 125 Å². The summed E-state index contributed by atoms with van der Waals surface area (Å²) in [5.41, 5.74) is 3.02. The number of sulfonamides is 1. The Morgan fingerprint density at radius 3 is 2.06 bits per heavy atom. The highest BCUT2D eigenvalue weighted by molar-refractivity contribution is 7.94. The Balaban J connectivity index is 1.64. The molecule has 0 aliphatic rings. The van der Waals surface area contributed by atoms with Gasteiger partial charge in [-0.1, -0.05) is 35.6 Å². The fraction of sp³-hybridized carbons (Fsp3) is 0.190. The van der Waals surface area contributed by atoms with E-state index in [1.807, 2.05) is 12.1 Å². The molecular weight excluding hydrogens is 438 g/mol. The molecule has 0 atom stereocenters. The summed E-state index contributed by atoms with van der Waals surface area (Å²) in [6.45, 7) is 2.90. The first-order chi connectivity index (χ1) is 14.6. The van der Waals surface area contributed by atoms with Crippen LogP contribution in [0.1, 0.15) is 34.1 Å². The third kappa shape index (κ3) is 5.89. The summed E-state index contributed by atoms with van der Waals surface area (Å²) < 4.78 is 28.0. The highest BCUT2D eigenvalue weighted by Gasteiger charge is 2.22. The van der Waals surface area contributed by atoms with Gasteiger partial charge in [-0.3, -0.25) is 9.52 Å². The molecule has 1 aromatic heterocycles. The minimum atomic E-state index is -3.83. The Morgan fingerprint density at radius 2 is 1.55 bits per heavy atom. The molecule has 10 heteroatoms. The molecule has 3 N–H and O–H groups in total. The third-order valence-corrected chi connectivity index (χ3v) is 7.45. The lowest BCUT2D eigenvalue weighted by atomic mass is 10.0. The van der Waals surface area contributed by atoms with Crippen LogP contribution in [0.2, 0.25) is 0 Å². The maximum atomic E-state index is 12.7. The third-order valence-electron chi connectivity index (χ3n) is 4.39. The van der Waals surface area contributed by atoms with Crippen LogP contribution >= 0.6 is 11.3 Å². The van der Waals surface area contributed by atoms with Gasteiger partial charge in [-0.15, -0.1) is 0 Å². The van der Waals surface area contributed by atoms with Crippen molar-refractivity contribution < 1.29 is 23.1 Å². The lowest BCUT2D eigenvalue weighted by Crippen LogP contribution is -2.12.